The average Bonchev–Trinajstić information content (AvgIpc) is 2.56. The highest BCUT2D eigenvalue weighted by Crippen LogP contribution is 2.37. The number of hydrogen-bond donors (Lipinski definition) is 2. The van der Waals surface area contributed by atoms with E-state index in [4.69, 9.17) is 20.8 Å². The van der Waals surface area contributed by atoms with Crippen molar-refractivity contribution in [3.63, 3.8) is 0 Å². The van der Waals surface area contributed by atoms with Crippen molar-refractivity contribution in [3.05, 3.63) is 29.4 Å². The monoisotopic (exact) mass is 289 g/mol. The molecule has 1 aliphatic rings. The largest absolute Gasteiger partial charge is 0.487 e. The Bertz CT molecular complexity index is 540. The van der Waals surface area contributed by atoms with Crippen LogP contribution in [0.1, 0.15) is 51.8 Å². The van der Waals surface area contributed by atoms with Crippen molar-refractivity contribution < 1.29 is 9.31 Å². The number of nitrogens with zero attached hydrogens (tertiary/aromatic N) is 1. The summed E-state index contributed by atoms with van der Waals surface area (Å²) in [6.07, 6.45) is 3.64. The van der Waals surface area contributed by atoms with E-state index in [9.17, 15) is 0 Å². The Labute approximate surface area is 126 Å². The van der Waals surface area contributed by atoms with E-state index in [-0.39, 0.29) is 24.4 Å². The van der Waals surface area contributed by atoms with Crippen molar-refractivity contribution in [2.24, 2.45) is 5.73 Å². The molecule has 1 saturated heterocycles. The molecule has 5 nitrogen and oxygen atoms in total. The Balaban J connectivity index is 2.20. The minimum Gasteiger partial charge on any atom is -0.400 e. The lowest BCUT2D eigenvalue weighted by Crippen LogP contribution is -2.41. The van der Waals surface area contributed by atoms with E-state index >= 15 is 0 Å². The van der Waals surface area contributed by atoms with E-state index in [2.05, 4.69) is 4.98 Å². The van der Waals surface area contributed by atoms with Crippen LogP contribution in [0.2, 0.25) is 0 Å². The fourth-order valence-electron chi connectivity index (χ4n) is 2.18. The Hall–Kier alpha value is -1.37. The first-order valence-corrected chi connectivity index (χ1v) is 7.17. The minimum absolute atomic E-state index is 0.117. The molecule has 6 heteroatoms. The zero-order valence-electron chi connectivity index (χ0n) is 13.4. The summed E-state index contributed by atoms with van der Waals surface area (Å²) in [5, 5.41) is 0. The highest BCUT2D eigenvalue weighted by molar-refractivity contribution is 6.52. The number of nitrogens with two attached hydrogens (primary N) is 2. The van der Waals surface area contributed by atoms with Crippen molar-refractivity contribution in [2.75, 3.05) is 5.73 Å². The summed E-state index contributed by atoms with van der Waals surface area (Å²) in [7, 11) is -0.381. The van der Waals surface area contributed by atoms with Crippen LogP contribution in [0.25, 0.3) is 6.08 Å². The second-order valence-electron chi connectivity index (χ2n) is 6.51. The predicted molar refractivity (Wildman–Crippen MR) is 86.4 cm³/mol. The zero-order valence-corrected chi connectivity index (χ0v) is 13.4. The van der Waals surface area contributed by atoms with Gasteiger partial charge < -0.3 is 20.8 Å². The van der Waals surface area contributed by atoms with E-state index in [1.807, 2.05) is 46.7 Å². The molecule has 1 aromatic heterocycles. The SMILES string of the molecule is C[C@H](N)c1cc(N)ncc1/C=C/B1OC(C)(C)C(C)(C)O1. The van der Waals surface area contributed by atoms with Crippen molar-refractivity contribution in [1.29, 1.82) is 0 Å². The van der Waals surface area contributed by atoms with Gasteiger partial charge in [0.15, 0.2) is 0 Å². The number of anilines is 1. The molecule has 0 aromatic carbocycles. The highest BCUT2D eigenvalue weighted by Gasteiger charge is 2.50. The molecule has 0 aliphatic carbocycles. The summed E-state index contributed by atoms with van der Waals surface area (Å²) < 4.78 is 11.8. The van der Waals surface area contributed by atoms with Crippen LogP contribution in [0.5, 0.6) is 0 Å². The van der Waals surface area contributed by atoms with Gasteiger partial charge in [0.05, 0.1) is 11.2 Å². The van der Waals surface area contributed by atoms with Crippen molar-refractivity contribution in [2.45, 2.75) is 51.9 Å². The van der Waals surface area contributed by atoms with Gasteiger partial charge in [-0.05, 0) is 51.8 Å². The fourth-order valence-corrected chi connectivity index (χ4v) is 2.18. The van der Waals surface area contributed by atoms with Gasteiger partial charge in [0.2, 0.25) is 0 Å². The first kappa shape index (κ1) is 16.0. The molecule has 2 heterocycles. The maximum Gasteiger partial charge on any atom is 0.487 e. The maximum absolute atomic E-state index is 5.97. The lowest BCUT2D eigenvalue weighted by atomic mass is 9.88. The van der Waals surface area contributed by atoms with Crippen molar-refractivity contribution in [3.8, 4) is 0 Å². The second kappa shape index (κ2) is 5.44. The molecule has 1 aromatic rings. The molecule has 0 radical (unpaired) electrons. The number of nitrogen functional groups attached to an aromatic ring is 1. The third-order valence-electron chi connectivity index (χ3n) is 4.18. The lowest BCUT2D eigenvalue weighted by molar-refractivity contribution is 0.00578. The second-order valence-corrected chi connectivity index (χ2v) is 6.51. The van der Waals surface area contributed by atoms with Crippen LogP contribution in [0.15, 0.2) is 18.2 Å². The number of hydrogen-bond acceptors (Lipinski definition) is 5. The number of pyridine rings is 1. The summed E-state index contributed by atoms with van der Waals surface area (Å²) in [5.41, 5.74) is 12.9. The summed E-state index contributed by atoms with van der Waals surface area (Å²) in [6.45, 7) is 10.0. The van der Waals surface area contributed by atoms with E-state index in [1.54, 1.807) is 12.3 Å². The van der Waals surface area contributed by atoms with Crippen LogP contribution in [0.4, 0.5) is 5.82 Å². The van der Waals surface area contributed by atoms with Crippen LogP contribution in [-0.2, 0) is 9.31 Å². The van der Waals surface area contributed by atoms with Crippen molar-refractivity contribution in [1.82, 2.24) is 4.98 Å². The summed E-state index contributed by atoms with van der Waals surface area (Å²) in [6, 6.07) is 1.68. The minimum atomic E-state index is -0.381. The Morgan fingerprint density at radius 1 is 1.24 bits per heavy atom. The Morgan fingerprint density at radius 3 is 2.33 bits per heavy atom. The standard InChI is InChI=1S/C15H24BN3O2/c1-10(17)12-8-13(18)19-9-11(12)6-7-16-20-14(2,3)15(4,5)21-16/h6-10H,17H2,1-5H3,(H2,18,19)/b7-6+/t10-/m0/s1. The van der Waals surface area contributed by atoms with Crippen LogP contribution in [0, 0.1) is 0 Å². The highest BCUT2D eigenvalue weighted by atomic mass is 16.7. The van der Waals surface area contributed by atoms with E-state index < -0.39 is 0 Å². The molecule has 0 saturated carbocycles. The van der Waals surface area contributed by atoms with Gasteiger partial charge in [-0.3, -0.25) is 0 Å². The molecule has 0 bridgehead atoms. The molecule has 1 fully saturated rings. The predicted octanol–water partition coefficient (Wildman–Crippen LogP) is 2.33. The lowest BCUT2D eigenvalue weighted by Gasteiger charge is -2.32. The first-order chi connectivity index (χ1) is 9.62. The Morgan fingerprint density at radius 2 is 1.81 bits per heavy atom. The quantitative estimate of drug-likeness (QED) is 0.834. The van der Waals surface area contributed by atoms with Gasteiger partial charge in [0.25, 0.3) is 0 Å². The van der Waals surface area contributed by atoms with Crippen LogP contribution >= 0.6 is 0 Å². The van der Waals surface area contributed by atoms with Crippen molar-refractivity contribution >= 4 is 19.0 Å². The molecule has 0 unspecified atom stereocenters. The molecule has 1 atom stereocenters. The van der Waals surface area contributed by atoms with Gasteiger partial charge in [-0.2, -0.15) is 0 Å². The number of rotatable bonds is 3. The maximum atomic E-state index is 5.97. The average molecular weight is 289 g/mol. The van der Waals surface area contributed by atoms with E-state index in [0.717, 1.165) is 11.1 Å². The third kappa shape index (κ3) is 3.28. The van der Waals surface area contributed by atoms with Crippen LogP contribution < -0.4 is 11.5 Å². The molecular weight excluding hydrogens is 265 g/mol. The van der Waals surface area contributed by atoms with Gasteiger partial charge in [-0.15, -0.1) is 0 Å². The van der Waals surface area contributed by atoms with Gasteiger partial charge in [0.1, 0.15) is 5.82 Å². The van der Waals surface area contributed by atoms with Crippen LogP contribution in [-0.4, -0.2) is 23.3 Å². The molecule has 2 rings (SSSR count). The molecular formula is C15H24BN3O2. The Kier molecular flexibility index (Phi) is 4.15. The van der Waals surface area contributed by atoms with Gasteiger partial charge >= 0.3 is 7.12 Å². The summed E-state index contributed by atoms with van der Waals surface area (Å²) in [5.74, 6) is 2.35. The zero-order chi connectivity index (χ0) is 15.8. The number of aromatic nitrogens is 1. The fraction of sp³-hybridized carbons (Fsp3) is 0.533. The van der Waals surface area contributed by atoms with Gasteiger partial charge in [0, 0.05) is 12.2 Å². The summed E-state index contributed by atoms with van der Waals surface area (Å²) >= 11 is 0. The molecule has 21 heavy (non-hydrogen) atoms. The first-order valence-electron chi connectivity index (χ1n) is 7.17. The summed E-state index contributed by atoms with van der Waals surface area (Å²) in [4.78, 5) is 4.11. The molecule has 1 aliphatic heterocycles. The third-order valence-corrected chi connectivity index (χ3v) is 4.18. The smallest absolute Gasteiger partial charge is 0.400 e. The molecule has 0 amide bonds. The van der Waals surface area contributed by atoms with Crippen LogP contribution in [0.3, 0.4) is 0 Å². The topological polar surface area (TPSA) is 83.4 Å². The molecule has 4 N–H and O–H groups in total. The van der Waals surface area contributed by atoms with Gasteiger partial charge in [-0.25, -0.2) is 4.98 Å². The molecule has 114 valence electrons. The normalized spacial score (nSPS) is 21.9. The van der Waals surface area contributed by atoms with E-state index in [1.165, 1.54) is 0 Å². The van der Waals surface area contributed by atoms with Gasteiger partial charge in [-0.1, -0.05) is 12.1 Å². The van der Waals surface area contributed by atoms with E-state index in [0.29, 0.717) is 5.82 Å². The molecule has 0 spiro atoms.